The van der Waals surface area contributed by atoms with Crippen LogP contribution in [0, 0.1) is 30.1 Å². The summed E-state index contributed by atoms with van der Waals surface area (Å²) in [5.41, 5.74) is 0. The van der Waals surface area contributed by atoms with Gasteiger partial charge in [-0.2, -0.15) is 0 Å². The third-order valence-corrected chi connectivity index (χ3v) is 5.14. The molecular weight excluding hydrogens is 292 g/mol. The lowest BCUT2D eigenvalue weighted by Crippen LogP contribution is -2.23. The van der Waals surface area contributed by atoms with Gasteiger partial charge < -0.3 is 9.84 Å². The van der Waals surface area contributed by atoms with Gasteiger partial charge in [0.05, 0.1) is 12.3 Å². The van der Waals surface area contributed by atoms with Crippen molar-refractivity contribution in [2.45, 2.75) is 76.7 Å². The number of carboxylic acids is 1. The number of hydrogen-bond acceptors (Lipinski definition) is 3. The van der Waals surface area contributed by atoms with Crippen molar-refractivity contribution >= 4 is 11.9 Å². The highest BCUT2D eigenvalue weighted by Gasteiger charge is 2.40. The van der Waals surface area contributed by atoms with Crippen LogP contribution in [-0.2, 0) is 14.3 Å². The molecule has 128 valence electrons. The normalized spacial score (nSPS) is 25.3. The average molecular weight is 320 g/mol. The fourth-order valence-corrected chi connectivity index (χ4v) is 3.65. The van der Waals surface area contributed by atoms with E-state index in [9.17, 15) is 14.7 Å². The van der Waals surface area contributed by atoms with E-state index in [4.69, 9.17) is 11.2 Å². The molecule has 0 spiro atoms. The van der Waals surface area contributed by atoms with Gasteiger partial charge in [-0.05, 0) is 37.5 Å². The van der Waals surface area contributed by atoms with Crippen molar-refractivity contribution in [3.05, 3.63) is 0 Å². The number of carboxylic acid groups (broad SMARTS) is 1. The molecule has 0 saturated heterocycles. The summed E-state index contributed by atoms with van der Waals surface area (Å²) in [4.78, 5) is 23.4. The van der Waals surface area contributed by atoms with E-state index in [1.54, 1.807) is 0 Å². The Labute approximate surface area is 139 Å². The molecule has 0 unspecified atom stereocenters. The van der Waals surface area contributed by atoms with Crippen LogP contribution in [0.4, 0.5) is 0 Å². The molecule has 3 atom stereocenters. The van der Waals surface area contributed by atoms with Crippen molar-refractivity contribution in [3.63, 3.8) is 0 Å². The molecule has 0 aliphatic heterocycles. The first-order valence-corrected chi connectivity index (χ1v) is 8.96. The molecule has 4 heteroatoms. The Morgan fingerprint density at radius 2 is 2.00 bits per heavy atom. The van der Waals surface area contributed by atoms with E-state index in [2.05, 4.69) is 5.92 Å². The minimum absolute atomic E-state index is 0.00981. The lowest BCUT2D eigenvalue weighted by molar-refractivity contribution is -0.153. The summed E-state index contributed by atoms with van der Waals surface area (Å²) in [7, 11) is 0. The topological polar surface area (TPSA) is 63.6 Å². The fraction of sp³-hybridized carbons (Fsp3) is 0.789. The minimum atomic E-state index is -0.867. The summed E-state index contributed by atoms with van der Waals surface area (Å²) in [6.07, 6.45) is 15.3. The molecule has 0 amide bonds. The molecule has 2 aliphatic rings. The molecule has 0 aromatic carbocycles. The molecule has 2 saturated carbocycles. The first-order valence-electron chi connectivity index (χ1n) is 8.96. The highest BCUT2D eigenvalue weighted by atomic mass is 16.5. The van der Waals surface area contributed by atoms with Crippen LogP contribution >= 0.6 is 0 Å². The Kier molecular flexibility index (Phi) is 6.95. The Hall–Kier alpha value is -1.50. The van der Waals surface area contributed by atoms with Gasteiger partial charge in [0.25, 0.3) is 0 Å². The van der Waals surface area contributed by atoms with E-state index in [-0.39, 0.29) is 18.5 Å². The second kappa shape index (κ2) is 8.96. The monoisotopic (exact) mass is 320 g/mol. The van der Waals surface area contributed by atoms with Gasteiger partial charge in [-0.25, -0.2) is 0 Å². The molecule has 4 nitrogen and oxygen atoms in total. The van der Waals surface area contributed by atoms with Crippen LogP contribution in [0.2, 0.25) is 0 Å². The van der Waals surface area contributed by atoms with Crippen LogP contribution < -0.4 is 0 Å². The van der Waals surface area contributed by atoms with E-state index in [1.807, 2.05) is 0 Å². The zero-order valence-corrected chi connectivity index (χ0v) is 13.8. The summed E-state index contributed by atoms with van der Waals surface area (Å²) in [6.45, 7) is 0. The lowest BCUT2D eigenvalue weighted by atomic mass is 9.82. The first kappa shape index (κ1) is 17.8. The third kappa shape index (κ3) is 6.25. The SMILES string of the molecule is C#CCCC[C@@H]1C[C@H]1OC(=O)C[C@@H](CC1CCCCC1)C(=O)O. The summed E-state index contributed by atoms with van der Waals surface area (Å²) in [6, 6.07) is 0. The van der Waals surface area contributed by atoms with Crippen molar-refractivity contribution in [2.75, 3.05) is 0 Å². The summed E-state index contributed by atoms with van der Waals surface area (Å²) < 4.78 is 5.42. The largest absolute Gasteiger partial charge is 0.481 e. The van der Waals surface area contributed by atoms with Crippen LogP contribution in [0.15, 0.2) is 0 Å². The maximum Gasteiger partial charge on any atom is 0.307 e. The first-order chi connectivity index (χ1) is 11.1. The van der Waals surface area contributed by atoms with Crippen molar-refractivity contribution in [3.8, 4) is 12.3 Å². The maximum absolute atomic E-state index is 12.0. The molecule has 2 fully saturated rings. The molecule has 23 heavy (non-hydrogen) atoms. The quantitative estimate of drug-likeness (QED) is 0.399. The number of ether oxygens (including phenoxy) is 1. The van der Waals surface area contributed by atoms with E-state index >= 15 is 0 Å². The number of carbonyl (C=O) groups is 2. The van der Waals surface area contributed by atoms with Crippen LogP contribution in [0.3, 0.4) is 0 Å². The van der Waals surface area contributed by atoms with Gasteiger partial charge in [0.1, 0.15) is 6.10 Å². The number of rotatable bonds is 9. The molecule has 2 rings (SSSR count). The van der Waals surface area contributed by atoms with Crippen molar-refractivity contribution < 1.29 is 19.4 Å². The Balaban J connectivity index is 1.69. The Morgan fingerprint density at radius 3 is 2.65 bits per heavy atom. The molecule has 0 aromatic rings. The van der Waals surface area contributed by atoms with Crippen molar-refractivity contribution in [1.82, 2.24) is 0 Å². The zero-order chi connectivity index (χ0) is 16.7. The molecule has 1 N–H and O–H groups in total. The fourth-order valence-electron chi connectivity index (χ4n) is 3.65. The highest BCUT2D eigenvalue weighted by molar-refractivity contribution is 5.79. The van der Waals surface area contributed by atoms with Gasteiger partial charge in [0.15, 0.2) is 0 Å². The zero-order valence-electron chi connectivity index (χ0n) is 13.8. The second-order valence-corrected chi connectivity index (χ2v) is 7.10. The summed E-state index contributed by atoms with van der Waals surface area (Å²) in [5.74, 6) is 1.68. The van der Waals surface area contributed by atoms with Crippen LogP contribution in [0.5, 0.6) is 0 Å². The number of unbranched alkanes of at least 4 members (excludes halogenated alkanes) is 1. The van der Waals surface area contributed by atoms with E-state index < -0.39 is 11.9 Å². The summed E-state index contributed by atoms with van der Waals surface area (Å²) >= 11 is 0. The molecule has 0 radical (unpaired) electrons. The van der Waals surface area contributed by atoms with Crippen LogP contribution in [-0.4, -0.2) is 23.1 Å². The van der Waals surface area contributed by atoms with Gasteiger partial charge in [-0.1, -0.05) is 32.1 Å². The number of hydrogen-bond donors (Lipinski definition) is 1. The molecule has 0 bridgehead atoms. The highest BCUT2D eigenvalue weighted by Crippen LogP contribution is 2.38. The van der Waals surface area contributed by atoms with Crippen LogP contribution in [0.25, 0.3) is 0 Å². The number of esters is 1. The van der Waals surface area contributed by atoms with E-state index in [0.29, 0.717) is 18.3 Å². The standard InChI is InChI=1S/C19H28O4/c1-2-3-5-10-15-12-17(15)23-18(20)13-16(19(21)22)11-14-8-6-4-7-9-14/h1,14-17H,3-13H2,(H,21,22)/t15-,16-,17-/m1/s1. The third-order valence-electron chi connectivity index (χ3n) is 5.14. The smallest absolute Gasteiger partial charge is 0.307 e. The van der Waals surface area contributed by atoms with E-state index in [0.717, 1.165) is 38.5 Å². The van der Waals surface area contributed by atoms with Gasteiger partial charge >= 0.3 is 11.9 Å². The van der Waals surface area contributed by atoms with Crippen molar-refractivity contribution in [2.24, 2.45) is 17.8 Å². The molecule has 0 heterocycles. The summed E-state index contributed by atoms with van der Waals surface area (Å²) in [5, 5.41) is 9.37. The van der Waals surface area contributed by atoms with Crippen LogP contribution in [0.1, 0.15) is 70.6 Å². The van der Waals surface area contributed by atoms with Gasteiger partial charge in [0.2, 0.25) is 0 Å². The predicted octanol–water partition coefficient (Wildman–Crippen LogP) is 3.78. The molecule has 2 aliphatic carbocycles. The van der Waals surface area contributed by atoms with E-state index in [1.165, 1.54) is 19.3 Å². The van der Waals surface area contributed by atoms with Gasteiger partial charge in [-0.3, -0.25) is 9.59 Å². The minimum Gasteiger partial charge on any atom is -0.481 e. The predicted molar refractivity (Wildman–Crippen MR) is 87.6 cm³/mol. The lowest BCUT2D eigenvalue weighted by Gasteiger charge is -2.24. The average Bonchev–Trinajstić information content (AvgIpc) is 3.25. The van der Waals surface area contributed by atoms with Gasteiger partial charge in [0, 0.05) is 6.42 Å². The molecular formula is C19H28O4. The second-order valence-electron chi connectivity index (χ2n) is 7.10. The van der Waals surface area contributed by atoms with Gasteiger partial charge in [-0.15, -0.1) is 12.3 Å². The number of carbonyl (C=O) groups excluding carboxylic acids is 1. The Bertz CT molecular complexity index is 445. The maximum atomic E-state index is 12.0. The van der Waals surface area contributed by atoms with Crippen molar-refractivity contribution in [1.29, 1.82) is 0 Å². The number of terminal acetylenes is 1. The number of aliphatic carboxylic acids is 1. The molecule has 0 aromatic heterocycles. The Morgan fingerprint density at radius 1 is 1.26 bits per heavy atom.